The molecule has 2 heterocycles. The third-order valence-electron chi connectivity index (χ3n) is 7.38. The van der Waals surface area contributed by atoms with E-state index in [2.05, 4.69) is 76.1 Å². The van der Waals surface area contributed by atoms with Gasteiger partial charge in [-0.05, 0) is 60.4 Å². The van der Waals surface area contributed by atoms with Crippen LogP contribution in [-0.2, 0) is 6.42 Å². The maximum Gasteiger partial charge on any atom is 0.137 e. The number of rotatable bonds is 11. The summed E-state index contributed by atoms with van der Waals surface area (Å²) in [5, 5.41) is 9.19. The second kappa shape index (κ2) is 11.1. The Morgan fingerprint density at radius 3 is 2.63 bits per heavy atom. The van der Waals surface area contributed by atoms with Crippen molar-refractivity contribution >= 4 is 33.3 Å². The van der Waals surface area contributed by atoms with Crippen molar-refractivity contribution in [2.24, 2.45) is 5.92 Å². The third kappa shape index (κ3) is 5.40. The van der Waals surface area contributed by atoms with Crippen LogP contribution in [0.25, 0.3) is 21.8 Å². The largest absolute Gasteiger partial charge is 0.492 e. The molecule has 1 aliphatic rings. The summed E-state index contributed by atoms with van der Waals surface area (Å²) in [6, 6.07) is 25.1. The minimum Gasteiger partial charge on any atom is -0.492 e. The van der Waals surface area contributed by atoms with Crippen molar-refractivity contribution < 1.29 is 4.74 Å². The summed E-state index contributed by atoms with van der Waals surface area (Å²) in [6.45, 7) is 4.41. The van der Waals surface area contributed by atoms with Crippen molar-refractivity contribution in [3.05, 3.63) is 96.4 Å². The van der Waals surface area contributed by atoms with Crippen LogP contribution in [0.5, 0.6) is 5.75 Å². The molecule has 1 fully saturated rings. The van der Waals surface area contributed by atoms with Gasteiger partial charge in [0, 0.05) is 41.8 Å². The van der Waals surface area contributed by atoms with Crippen LogP contribution in [-0.4, -0.2) is 34.6 Å². The second-order valence-corrected chi connectivity index (χ2v) is 10.1. The lowest BCUT2D eigenvalue weighted by Gasteiger charge is -2.13. The van der Waals surface area contributed by atoms with Gasteiger partial charge in [0.25, 0.3) is 0 Å². The minimum absolute atomic E-state index is 0.546. The molecule has 0 radical (unpaired) electrons. The smallest absolute Gasteiger partial charge is 0.137 e. The Labute approximate surface area is 223 Å². The third-order valence-corrected chi connectivity index (χ3v) is 7.38. The molecule has 0 spiro atoms. The Bertz CT molecular complexity index is 1540. The molecule has 3 aromatic carbocycles. The summed E-state index contributed by atoms with van der Waals surface area (Å²) in [4.78, 5) is 13.6. The highest BCUT2D eigenvalue weighted by Crippen LogP contribution is 2.49. The van der Waals surface area contributed by atoms with Crippen LogP contribution < -0.4 is 15.4 Å². The van der Waals surface area contributed by atoms with Gasteiger partial charge in [0.05, 0.1) is 11.0 Å². The molecule has 192 valence electrons. The number of aryl methyl sites for hydroxylation is 1. The van der Waals surface area contributed by atoms with E-state index in [0.717, 1.165) is 59.0 Å². The van der Waals surface area contributed by atoms with Crippen molar-refractivity contribution in [2.45, 2.75) is 32.1 Å². The van der Waals surface area contributed by atoms with E-state index in [9.17, 15) is 0 Å². The van der Waals surface area contributed by atoms with E-state index in [1.54, 1.807) is 6.33 Å². The van der Waals surface area contributed by atoms with E-state index < -0.39 is 0 Å². The van der Waals surface area contributed by atoms with Crippen LogP contribution in [0.3, 0.4) is 0 Å². The number of pyridine rings is 1. The standard InChI is InChI=1S/C32H33N5O/c1-22-19-28(22)25-10-5-11-26-29(14-16-34-31(25)26)33-17-18-38-24-12-13-27-30(20-24)36-21-37-32(27)35-15-6-9-23-7-3-2-4-8-23/h2-5,7-8,10-14,16,20-22,28H,6,9,15,17-19H2,1H3,(H,33,34)(H,35,36,37)/t22?,28-/m0/s1. The molecule has 5 aromatic rings. The fourth-order valence-corrected chi connectivity index (χ4v) is 5.17. The number of nitrogens with zero attached hydrogens (tertiary/aromatic N) is 3. The van der Waals surface area contributed by atoms with Crippen LogP contribution in [0.1, 0.15) is 36.8 Å². The molecule has 0 amide bonds. The predicted molar refractivity (Wildman–Crippen MR) is 155 cm³/mol. The summed E-state index contributed by atoms with van der Waals surface area (Å²) in [6.07, 6.45) is 6.85. The molecule has 38 heavy (non-hydrogen) atoms. The van der Waals surface area contributed by atoms with E-state index in [1.165, 1.54) is 22.9 Å². The van der Waals surface area contributed by atoms with Crippen LogP contribution in [0.4, 0.5) is 11.5 Å². The Balaban J connectivity index is 1.04. The summed E-state index contributed by atoms with van der Waals surface area (Å²) in [5.74, 6) is 3.07. The highest BCUT2D eigenvalue weighted by molar-refractivity contribution is 5.93. The quantitative estimate of drug-likeness (QED) is 0.192. The molecule has 0 aliphatic heterocycles. The lowest BCUT2D eigenvalue weighted by molar-refractivity contribution is 0.333. The molecule has 2 atom stereocenters. The number of hydrogen-bond donors (Lipinski definition) is 2. The van der Waals surface area contributed by atoms with Crippen molar-refractivity contribution in [1.29, 1.82) is 0 Å². The topological polar surface area (TPSA) is 72.0 Å². The number of ether oxygens (including phenoxy) is 1. The Morgan fingerprint density at radius 2 is 1.76 bits per heavy atom. The summed E-state index contributed by atoms with van der Waals surface area (Å²) >= 11 is 0. The fourth-order valence-electron chi connectivity index (χ4n) is 5.17. The number of para-hydroxylation sites is 1. The number of fused-ring (bicyclic) bond motifs is 2. The molecule has 6 heteroatoms. The first-order chi connectivity index (χ1) is 18.8. The van der Waals surface area contributed by atoms with Crippen LogP contribution in [0.2, 0.25) is 0 Å². The monoisotopic (exact) mass is 503 g/mol. The number of anilines is 2. The Hall–Kier alpha value is -4.19. The van der Waals surface area contributed by atoms with E-state index in [-0.39, 0.29) is 0 Å². The Kier molecular flexibility index (Phi) is 7.03. The molecular weight excluding hydrogens is 470 g/mol. The summed E-state index contributed by atoms with van der Waals surface area (Å²) in [5.41, 5.74) is 5.82. The summed E-state index contributed by atoms with van der Waals surface area (Å²) in [7, 11) is 0. The Morgan fingerprint density at radius 1 is 0.868 bits per heavy atom. The highest BCUT2D eigenvalue weighted by atomic mass is 16.5. The molecule has 1 unspecified atom stereocenters. The number of aromatic nitrogens is 3. The van der Waals surface area contributed by atoms with Gasteiger partial charge in [-0.25, -0.2) is 9.97 Å². The van der Waals surface area contributed by atoms with Crippen LogP contribution in [0, 0.1) is 5.92 Å². The van der Waals surface area contributed by atoms with Gasteiger partial charge in [0.15, 0.2) is 0 Å². The first-order valence-corrected chi connectivity index (χ1v) is 13.5. The lowest BCUT2D eigenvalue weighted by Crippen LogP contribution is -2.12. The number of benzene rings is 3. The molecule has 6 nitrogen and oxygen atoms in total. The average molecular weight is 504 g/mol. The molecule has 2 aromatic heterocycles. The molecule has 6 rings (SSSR count). The van der Waals surface area contributed by atoms with Crippen molar-refractivity contribution in [2.75, 3.05) is 30.3 Å². The SMILES string of the molecule is CC1C[C@@H]1c1cccc2c(NCCOc3ccc4c(NCCCc5ccccc5)ncnc4c3)ccnc12. The van der Waals surface area contributed by atoms with E-state index in [4.69, 9.17) is 9.72 Å². The predicted octanol–water partition coefficient (Wildman–Crippen LogP) is 6.84. The molecule has 0 bridgehead atoms. The maximum absolute atomic E-state index is 6.06. The van der Waals surface area contributed by atoms with E-state index in [1.807, 2.05) is 30.5 Å². The molecule has 1 saturated carbocycles. The van der Waals surface area contributed by atoms with Gasteiger partial charge in [-0.15, -0.1) is 0 Å². The minimum atomic E-state index is 0.546. The molecule has 2 N–H and O–H groups in total. The zero-order valence-electron chi connectivity index (χ0n) is 21.7. The normalized spacial score (nSPS) is 16.4. The van der Waals surface area contributed by atoms with Gasteiger partial charge in [-0.1, -0.05) is 55.5 Å². The van der Waals surface area contributed by atoms with Crippen LogP contribution >= 0.6 is 0 Å². The number of nitrogens with one attached hydrogen (secondary N) is 2. The molecule has 1 aliphatic carbocycles. The van der Waals surface area contributed by atoms with Gasteiger partial charge >= 0.3 is 0 Å². The van der Waals surface area contributed by atoms with Gasteiger partial charge < -0.3 is 15.4 Å². The van der Waals surface area contributed by atoms with Gasteiger partial charge in [-0.3, -0.25) is 4.98 Å². The second-order valence-electron chi connectivity index (χ2n) is 10.1. The van der Waals surface area contributed by atoms with Crippen molar-refractivity contribution in [1.82, 2.24) is 15.0 Å². The van der Waals surface area contributed by atoms with Crippen LogP contribution in [0.15, 0.2) is 85.3 Å². The van der Waals surface area contributed by atoms with Gasteiger partial charge in [0.1, 0.15) is 24.5 Å². The average Bonchev–Trinajstić information content (AvgIpc) is 3.69. The number of hydrogen-bond acceptors (Lipinski definition) is 6. The highest BCUT2D eigenvalue weighted by Gasteiger charge is 2.35. The summed E-state index contributed by atoms with van der Waals surface area (Å²) < 4.78 is 6.06. The van der Waals surface area contributed by atoms with Crippen molar-refractivity contribution in [3.63, 3.8) is 0 Å². The first-order valence-electron chi connectivity index (χ1n) is 13.5. The van der Waals surface area contributed by atoms with E-state index in [0.29, 0.717) is 19.1 Å². The maximum atomic E-state index is 6.06. The van der Waals surface area contributed by atoms with Gasteiger partial charge in [-0.2, -0.15) is 0 Å². The van der Waals surface area contributed by atoms with Gasteiger partial charge in [0.2, 0.25) is 0 Å². The zero-order chi connectivity index (χ0) is 25.7. The zero-order valence-corrected chi connectivity index (χ0v) is 21.7. The lowest BCUT2D eigenvalue weighted by atomic mass is 10.0. The molecular formula is C32H33N5O. The van der Waals surface area contributed by atoms with Crippen molar-refractivity contribution in [3.8, 4) is 5.75 Å². The molecule has 0 saturated heterocycles. The van der Waals surface area contributed by atoms with E-state index >= 15 is 0 Å². The first kappa shape index (κ1) is 24.2. The fraction of sp³-hybridized carbons (Fsp3) is 0.281.